The summed E-state index contributed by atoms with van der Waals surface area (Å²) in [5, 5.41) is 0. The average molecular weight is 427 g/mol. The predicted molar refractivity (Wildman–Crippen MR) is 125 cm³/mol. The molecule has 2 aromatic rings. The molecule has 1 aliphatic carbocycles. The molecule has 31 heavy (non-hydrogen) atoms. The van der Waals surface area contributed by atoms with E-state index in [1.165, 1.54) is 33.4 Å². The number of nitrogen functional groups attached to an aromatic ring is 1. The molecule has 7 heteroatoms. The summed E-state index contributed by atoms with van der Waals surface area (Å²) in [6.45, 7) is 4.84. The van der Waals surface area contributed by atoms with E-state index in [4.69, 9.17) is 5.73 Å². The molecule has 1 aromatic heterocycles. The number of anilines is 2. The minimum atomic E-state index is -0.606. The number of aromatic nitrogens is 2. The van der Waals surface area contributed by atoms with E-state index in [9.17, 15) is 14.4 Å². The maximum Gasteiger partial charge on any atom is 0.330 e. The van der Waals surface area contributed by atoms with E-state index in [0.29, 0.717) is 13.1 Å². The van der Waals surface area contributed by atoms with Gasteiger partial charge >= 0.3 is 5.69 Å². The zero-order chi connectivity index (χ0) is 22.4. The number of amides is 1. The van der Waals surface area contributed by atoms with Crippen molar-refractivity contribution in [2.75, 3.05) is 17.2 Å². The van der Waals surface area contributed by atoms with Gasteiger partial charge in [-0.05, 0) is 55.2 Å². The van der Waals surface area contributed by atoms with Crippen LogP contribution in [0, 0.1) is 0 Å². The molecule has 0 aliphatic heterocycles. The smallest absolute Gasteiger partial charge is 0.330 e. The lowest BCUT2D eigenvalue weighted by Crippen LogP contribution is -2.42. The number of fused-ring (bicyclic) bond motifs is 1. The Hall–Kier alpha value is -2.83. The molecule has 0 fully saturated rings. The number of nitrogens with zero attached hydrogens (tertiary/aromatic N) is 2. The van der Waals surface area contributed by atoms with E-state index in [1.807, 2.05) is 19.9 Å². The highest BCUT2D eigenvalue weighted by atomic mass is 16.2. The van der Waals surface area contributed by atoms with Crippen LogP contribution in [0.4, 0.5) is 11.5 Å². The van der Waals surface area contributed by atoms with Gasteiger partial charge in [0.05, 0.1) is 6.42 Å². The molecule has 0 bridgehead atoms. The molecule has 0 radical (unpaired) electrons. The van der Waals surface area contributed by atoms with Crippen LogP contribution in [0.1, 0.15) is 69.1 Å². The standard InChI is InChI=1S/C24H34N4O3/c1-3-5-13-27(21-22(25)28(14-6-4-2)24(31)26-23(21)30)20(29)16-17-11-12-18-9-7-8-10-19(18)15-17/h11-12,15H,3-10,13-14,16,25H2,1-2H3,(H,26,30,31). The number of carbonyl (C=O) groups is 1. The third kappa shape index (κ3) is 5.27. The number of unbranched alkanes of at least 4 members (excludes halogenated alkanes) is 2. The fraction of sp³-hybridized carbons (Fsp3) is 0.542. The van der Waals surface area contributed by atoms with E-state index in [-0.39, 0.29) is 23.8 Å². The van der Waals surface area contributed by atoms with Crippen molar-refractivity contribution in [3.63, 3.8) is 0 Å². The normalized spacial score (nSPS) is 13.1. The second-order valence-corrected chi connectivity index (χ2v) is 8.38. The first-order valence-corrected chi connectivity index (χ1v) is 11.5. The van der Waals surface area contributed by atoms with Gasteiger partial charge in [0.1, 0.15) is 5.82 Å². The summed E-state index contributed by atoms with van der Waals surface area (Å²) in [5.74, 6) is -0.112. The summed E-state index contributed by atoms with van der Waals surface area (Å²) < 4.78 is 1.37. The fourth-order valence-electron chi connectivity index (χ4n) is 4.22. The maximum absolute atomic E-state index is 13.3. The number of hydrogen-bond donors (Lipinski definition) is 2. The van der Waals surface area contributed by atoms with Crippen molar-refractivity contribution in [3.05, 3.63) is 55.7 Å². The molecular weight excluding hydrogens is 392 g/mol. The highest BCUT2D eigenvalue weighted by Crippen LogP contribution is 2.24. The molecule has 0 spiro atoms. The van der Waals surface area contributed by atoms with Gasteiger partial charge in [-0.2, -0.15) is 0 Å². The zero-order valence-corrected chi connectivity index (χ0v) is 18.7. The van der Waals surface area contributed by atoms with E-state index in [0.717, 1.165) is 44.1 Å². The molecule has 0 atom stereocenters. The Balaban J connectivity index is 1.94. The van der Waals surface area contributed by atoms with Crippen molar-refractivity contribution in [2.45, 2.75) is 78.2 Å². The van der Waals surface area contributed by atoms with Crippen LogP contribution in [-0.2, 0) is 30.6 Å². The lowest BCUT2D eigenvalue weighted by atomic mass is 9.90. The van der Waals surface area contributed by atoms with Gasteiger partial charge in [0, 0.05) is 13.1 Å². The molecule has 0 unspecified atom stereocenters. The fourth-order valence-corrected chi connectivity index (χ4v) is 4.22. The van der Waals surface area contributed by atoms with Crippen molar-refractivity contribution in [1.29, 1.82) is 0 Å². The number of benzene rings is 1. The second-order valence-electron chi connectivity index (χ2n) is 8.38. The third-order valence-electron chi connectivity index (χ3n) is 6.02. The minimum absolute atomic E-state index is 0.0668. The summed E-state index contributed by atoms with van der Waals surface area (Å²) in [6.07, 6.45) is 7.99. The number of nitrogens with two attached hydrogens (primary N) is 1. The third-order valence-corrected chi connectivity index (χ3v) is 6.02. The van der Waals surface area contributed by atoms with Crippen LogP contribution >= 0.6 is 0 Å². The molecule has 1 aliphatic rings. The molecule has 0 saturated heterocycles. The molecule has 7 nitrogen and oxygen atoms in total. The van der Waals surface area contributed by atoms with E-state index < -0.39 is 11.2 Å². The highest BCUT2D eigenvalue weighted by molar-refractivity contribution is 5.96. The summed E-state index contributed by atoms with van der Waals surface area (Å²) >= 11 is 0. The first-order valence-electron chi connectivity index (χ1n) is 11.5. The van der Waals surface area contributed by atoms with E-state index in [1.54, 1.807) is 0 Å². The van der Waals surface area contributed by atoms with Crippen LogP contribution in [0.3, 0.4) is 0 Å². The lowest BCUT2D eigenvalue weighted by molar-refractivity contribution is -0.118. The van der Waals surface area contributed by atoms with E-state index >= 15 is 0 Å². The SMILES string of the molecule is CCCCN(C(=O)Cc1ccc2c(c1)CCCC2)c1c(N)n(CCCC)c(=O)[nH]c1=O. The maximum atomic E-state index is 13.3. The average Bonchev–Trinajstić information content (AvgIpc) is 2.75. The molecule has 1 amide bonds. The first-order chi connectivity index (χ1) is 15.0. The van der Waals surface area contributed by atoms with Gasteiger partial charge in [-0.15, -0.1) is 0 Å². The Morgan fingerprint density at radius 3 is 2.52 bits per heavy atom. The number of aryl methyl sites for hydroxylation is 2. The van der Waals surface area contributed by atoms with Gasteiger partial charge in [0.25, 0.3) is 5.56 Å². The molecule has 1 heterocycles. The molecule has 3 rings (SSSR count). The van der Waals surface area contributed by atoms with Crippen LogP contribution in [-0.4, -0.2) is 22.0 Å². The second kappa shape index (κ2) is 10.5. The van der Waals surface area contributed by atoms with Gasteiger partial charge in [0.2, 0.25) is 5.91 Å². The Morgan fingerprint density at radius 2 is 1.81 bits per heavy atom. The van der Waals surface area contributed by atoms with Crippen LogP contribution in [0.2, 0.25) is 0 Å². The number of aromatic amines is 1. The van der Waals surface area contributed by atoms with Crippen LogP contribution in [0.15, 0.2) is 27.8 Å². The lowest BCUT2D eigenvalue weighted by Gasteiger charge is -2.25. The number of rotatable bonds is 9. The summed E-state index contributed by atoms with van der Waals surface area (Å²) in [6, 6.07) is 6.26. The number of carbonyl (C=O) groups excluding carboxylic acids is 1. The Bertz CT molecular complexity index is 1040. The van der Waals surface area contributed by atoms with Crippen LogP contribution in [0.25, 0.3) is 0 Å². The molecule has 168 valence electrons. The van der Waals surface area contributed by atoms with Gasteiger partial charge in [-0.1, -0.05) is 44.9 Å². The summed E-state index contributed by atoms with van der Waals surface area (Å²) in [4.78, 5) is 42.1. The molecule has 3 N–H and O–H groups in total. The largest absolute Gasteiger partial charge is 0.383 e. The number of nitrogens with one attached hydrogen (secondary N) is 1. The van der Waals surface area contributed by atoms with Crippen molar-refractivity contribution in [3.8, 4) is 0 Å². The van der Waals surface area contributed by atoms with Crippen molar-refractivity contribution in [1.82, 2.24) is 9.55 Å². The number of H-pyrrole nitrogens is 1. The Labute approximate surface area is 183 Å². The summed E-state index contributed by atoms with van der Waals surface area (Å²) in [7, 11) is 0. The Kier molecular flexibility index (Phi) is 7.71. The van der Waals surface area contributed by atoms with Gasteiger partial charge < -0.3 is 10.6 Å². The van der Waals surface area contributed by atoms with Gasteiger partial charge in [0.15, 0.2) is 5.69 Å². The van der Waals surface area contributed by atoms with Crippen molar-refractivity contribution < 1.29 is 4.79 Å². The predicted octanol–water partition coefficient (Wildman–Crippen LogP) is 3.17. The Morgan fingerprint density at radius 1 is 1.10 bits per heavy atom. The summed E-state index contributed by atoms with van der Waals surface area (Å²) in [5.41, 5.74) is 8.86. The molecular formula is C24H34N4O3. The van der Waals surface area contributed by atoms with Crippen molar-refractivity contribution in [2.24, 2.45) is 0 Å². The zero-order valence-electron chi connectivity index (χ0n) is 18.7. The number of hydrogen-bond acceptors (Lipinski definition) is 4. The first kappa shape index (κ1) is 22.8. The van der Waals surface area contributed by atoms with Crippen molar-refractivity contribution >= 4 is 17.4 Å². The molecule has 1 aromatic carbocycles. The monoisotopic (exact) mass is 426 g/mol. The van der Waals surface area contributed by atoms with Crippen LogP contribution in [0.5, 0.6) is 0 Å². The van der Waals surface area contributed by atoms with Gasteiger partial charge in [-0.25, -0.2) is 4.79 Å². The van der Waals surface area contributed by atoms with Crippen LogP contribution < -0.4 is 21.9 Å². The highest BCUT2D eigenvalue weighted by Gasteiger charge is 2.24. The quantitative estimate of drug-likeness (QED) is 0.643. The molecule has 0 saturated carbocycles. The van der Waals surface area contributed by atoms with Gasteiger partial charge in [-0.3, -0.25) is 19.1 Å². The van der Waals surface area contributed by atoms with E-state index in [2.05, 4.69) is 17.1 Å². The minimum Gasteiger partial charge on any atom is -0.383 e. The topological polar surface area (TPSA) is 101 Å².